The molecule has 2 amide bonds. The molecule has 0 aliphatic carbocycles. The van der Waals surface area contributed by atoms with E-state index in [0.29, 0.717) is 22.6 Å². The van der Waals surface area contributed by atoms with E-state index in [1.807, 2.05) is 32.0 Å². The largest absolute Gasteiger partial charge is 0.497 e. The highest BCUT2D eigenvalue weighted by Gasteiger charge is 2.15. The minimum absolute atomic E-state index is 0.239. The Morgan fingerprint density at radius 2 is 1.58 bits per heavy atom. The van der Waals surface area contributed by atoms with Crippen molar-refractivity contribution in [2.45, 2.75) is 13.8 Å². The average molecular weight is 445 g/mol. The van der Waals surface area contributed by atoms with Crippen molar-refractivity contribution in [1.29, 1.82) is 0 Å². The van der Waals surface area contributed by atoms with Gasteiger partial charge in [0.05, 0.1) is 18.9 Å². The lowest BCUT2D eigenvalue weighted by atomic mass is 10.1. The lowest BCUT2D eigenvalue weighted by Gasteiger charge is -2.10. The molecule has 8 nitrogen and oxygen atoms in total. The second-order valence-corrected chi connectivity index (χ2v) is 7.08. The summed E-state index contributed by atoms with van der Waals surface area (Å²) < 4.78 is 10.6. The van der Waals surface area contributed by atoms with Crippen LogP contribution in [-0.4, -0.2) is 31.1 Å². The van der Waals surface area contributed by atoms with E-state index in [1.54, 1.807) is 48.5 Å². The molecule has 0 saturated carbocycles. The van der Waals surface area contributed by atoms with Crippen LogP contribution in [0.1, 0.15) is 27.0 Å². The molecule has 0 saturated heterocycles. The first kappa shape index (κ1) is 23.2. The Balaban J connectivity index is 1.65. The number of methoxy groups -OCH3 is 1. The summed E-state index contributed by atoms with van der Waals surface area (Å²) in [7, 11) is 1.51. The van der Waals surface area contributed by atoms with Crippen LogP contribution in [0.25, 0.3) is 0 Å². The van der Waals surface area contributed by atoms with Crippen LogP contribution < -0.4 is 20.2 Å². The minimum atomic E-state index is -0.931. The highest BCUT2D eigenvalue weighted by atomic mass is 16.5. The summed E-state index contributed by atoms with van der Waals surface area (Å²) >= 11 is 0. The van der Waals surface area contributed by atoms with Crippen LogP contribution in [-0.2, 0) is 9.59 Å². The molecule has 0 radical (unpaired) electrons. The lowest BCUT2D eigenvalue weighted by Crippen LogP contribution is -2.32. The van der Waals surface area contributed by atoms with Crippen molar-refractivity contribution in [3.8, 4) is 11.5 Å². The fourth-order valence-corrected chi connectivity index (χ4v) is 2.98. The molecule has 8 heteroatoms. The van der Waals surface area contributed by atoms with E-state index < -0.39 is 17.8 Å². The van der Waals surface area contributed by atoms with Gasteiger partial charge in [0.1, 0.15) is 11.5 Å². The van der Waals surface area contributed by atoms with E-state index in [1.165, 1.54) is 13.3 Å². The van der Waals surface area contributed by atoms with Crippen LogP contribution in [0.5, 0.6) is 11.5 Å². The third kappa shape index (κ3) is 6.04. The zero-order valence-electron chi connectivity index (χ0n) is 18.4. The van der Waals surface area contributed by atoms with Crippen molar-refractivity contribution in [2.24, 2.45) is 5.10 Å². The molecule has 0 unspecified atom stereocenters. The molecule has 0 spiro atoms. The van der Waals surface area contributed by atoms with Crippen LogP contribution in [0.4, 0.5) is 5.69 Å². The fourth-order valence-electron chi connectivity index (χ4n) is 2.98. The monoisotopic (exact) mass is 445 g/mol. The molecule has 168 valence electrons. The van der Waals surface area contributed by atoms with Gasteiger partial charge in [-0.1, -0.05) is 36.4 Å². The number of aryl methyl sites for hydroxylation is 2. The van der Waals surface area contributed by atoms with E-state index in [2.05, 4.69) is 15.8 Å². The number of nitrogens with one attached hydrogen (secondary N) is 2. The highest BCUT2D eigenvalue weighted by molar-refractivity contribution is 6.39. The number of carbonyl (C=O) groups is 3. The van der Waals surface area contributed by atoms with Crippen molar-refractivity contribution < 1.29 is 23.9 Å². The maximum absolute atomic E-state index is 12.5. The van der Waals surface area contributed by atoms with Gasteiger partial charge in [-0.25, -0.2) is 10.2 Å². The van der Waals surface area contributed by atoms with Gasteiger partial charge >= 0.3 is 17.8 Å². The zero-order chi connectivity index (χ0) is 23.8. The Kier molecular flexibility index (Phi) is 7.54. The van der Waals surface area contributed by atoms with Crippen LogP contribution in [0.2, 0.25) is 0 Å². The highest BCUT2D eigenvalue weighted by Crippen LogP contribution is 2.20. The second kappa shape index (κ2) is 10.7. The van der Waals surface area contributed by atoms with Crippen LogP contribution in [0.3, 0.4) is 0 Å². The quantitative estimate of drug-likeness (QED) is 0.198. The van der Waals surface area contributed by atoms with Gasteiger partial charge in [-0.3, -0.25) is 9.59 Å². The van der Waals surface area contributed by atoms with Gasteiger partial charge in [0.25, 0.3) is 0 Å². The van der Waals surface area contributed by atoms with Crippen molar-refractivity contribution in [2.75, 3.05) is 12.4 Å². The average Bonchev–Trinajstić information content (AvgIpc) is 2.82. The van der Waals surface area contributed by atoms with Gasteiger partial charge < -0.3 is 14.8 Å². The van der Waals surface area contributed by atoms with Crippen LogP contribution >= 0.6 is 0 Å². The van der Waals surface area contributed by atoms with Gasteiger partial charge in [-0.05, 0) is 55.3 Å². The Hall–Kier alpha value is -4.46. The smallest absolute Gasteiger partial charge is 0.343 e. The third-order valence-electron chi connectivity index (χ3n) is 4.72. The second-order valence-electron chi connectivity index (χ2n) is 7.08. The normalized spacial score (nSPS) is 10.5. The molecule has 33 heavy (non-hydrogen) atoms. The van der Waals surface area contributed by atoms with Crippen molar-refractivity contribution >= 4 is 29.7 Å². The SMILES string of the molecule is COc1cccc(C(=O)Oc2ccccc2/C=N/NC(=O)C(=O)Nc2c(C)cccc2C)c1. The predicted molar refractivity (Wildman–Crippen MR) is 125 cm³/mol. The number of hydrogen-bond donors (Lipinski definition) is 2. The molecular weight excluding hydrogens is 422 g/mol. The maximum atomic E-state index is 12.5. The number of ether oxygens (including phenoxy) is 2. The van der Waals surface area contributed by atoms with Gasteiger partial charge in [0, 0.05) is 11.3 Å². The molecule has 0 aromatic heterocycles. The van der Waals surface area contributed by atoms with E-state index in [4.69, 9.17) is 9.47 Å². The summed E-state index contributed by atoms with van der Waals surface area (Å²) in [6, 6.07) is 18.8. The molecule has 0 aliphatic rings. The van der Waals surface area contributed by atoms with Gasteiger partial charge in [-0.2, -0.15) is 5.10 Å². The molecule has 0 atom stereocenters. The van der Waals surface area contributed by atoms with E-state index in [0.717, 1.165) is 11.1 Å². The topological polar surface area (TPSA) is 106 Å². The number of hydrogen-bond acceptors (Lipinski definition) is 6. The van der Waals surface area contributed by atoms with Crippen LogP contribution in [0.15, 0.2) is 71.8 Å². The molecule has 0 fully saturated rings. The minimum Gasteiger partial charge on any atom is -0.497 e. The summed E-state index contributed by atoms with van der Waals surface area (Å²) in [5.74, 6) is -1.58. The number of benzene rings is 3. The van der Waals surface area contributed by atoms with Gasteiger partial charge in [0.2, 0.25) is 0 Å². The number of hydrazone groups is 1. The first-order valence-electron chi connectivity index (χ1n) is 10.0. The molecule has 0 bridgehead atoms. The van der Waals surface area contributed by atoms with Gasteiger partial charge in [0.15, 0.2) is 0 Å². The Bertz CT molecular complexity index is 1200. The molecule has 3 aromatic carbocycles. The summed E-state index contributed by atoms with van der Waals surface area (Å²) in [6.45, 7) is 3.67. The predicted octanol–water partition coefficient (Wildman–Crippen LogP) is 3.62. The number of amides is 2. The molecule has 3 aromatic rings. The summed E-state index contributed by atoms with van der Waals surface area (Å²) in [6.07, 6.45) is 1.29. The van der Waals surface area contributed by atoms with E-state index in [9.17, 15) is 14.4 Å². The van der Waals surface area contributed by atoms with Crippen molar-refractivity contribution in [3.63, 3.8) is 0 Å². The maximum Gasteiger partial charge on any atom is 0.343 e. The number of esters is 1. The van der Waals surface area contributed by atoms with Crippen LogP contribution in [0, 0.1) is 13.8 Å². The number of carbonyl (C=O) groups excluding carboxylic acids is 3. The Labute approximate surface area is 191 Å². The summed E-state index contributed by atoms with van der Waals surface area (Å²) in [5.41, 5.74) is 5.19. The molecular formula is C25H23N3O5. The standard InChI is InChI=1S/C25H23N3O5/c1-16-8-6-9-17(2)22(16)27-23(29)24(30)28-26-15-19-10-4-5-13-21(19)33-25(31)18-11-7-12-20(14-18)32-3/h4-15H,1-3H3,(H,27,29)(H,28,30)/b26-15+. The number of anilines is 1. The number of rotatable bonds is 6. The summed E-state index contributed by atoms with van der Waals surface area (Å²) in [5, 5.41) is 6.41. The summed E-state index contributed by atoms with van der Waals surface area (Å²) in [4.78, 5) is 36.8. The Morgan fingerprint density at radius 1 is 0.879 bits per heavy atom. The number of para-hydroxylation sites is 2. The van der Waals surface area contributed by atoms with E-state index in [-0.39, 0.29) is 5.75 Å². The fraction of sp³-hybridized carbons (Fsp3) is 0.120. The van der Waals surface area contributed by atoms with Gasteiger partial charge in [-0.15, -0.1) is 0 Å². The zero-order valence-corrected chi connectivity index (χ0v) is 18.4. The number of nitrogens with zero attached hydrogens (tertiary/aromatic N) is 1. The first-order chi connectivity index (χ1) is 15.9. The Morgan fingerprint density at radius 3 is 2.30 bits per heavy atom. The lowest BCUT2D eigenvalue weighted by molar-refractivity contribution is -0.136. The molecule has 0 aliphatic heterocycles. The molecule has 3 rings (SSSR count). The van der Waals surface area contributed by atoms with Crippen molar-refractivity contribution in [1.82, 2.24) is 5.43 Å². The molecule has 0 heterocycles. The van der Waals surface area contributed by atoms with E-state index >= 15 is 0 Å². The molecule has 2 N–H and O–H groups in total. The van der Waals surface area contributed by atoms with Crippen molar-refractivity contribution in [3.05, 3.63) is 89.0 Å². The third-order valence-corrected chi connectivity index (χ3v) is 4.72. The first-order valence-corrected chi connectivity index (χ1v) is 10.0.